The van der Waals surface area contributed by atoms with Gasteiger partial charge in [0.15, 0.2) is 0 Å². The van der Waals surface area contributed by atoms with E-state index in [1.807, 2.05) is 20.8 Å². The Morgan fingerprint density at radius 2 is 1.88 bits per heavy atom. The second-order valence-corrected chi connectivity index (χ2v) is 9.62. The van der Waals surface area contributed by atoms with Gasteiger partial charge in [0.05, 0.1) is 17.8 Å². The van der Waals surface area contributed by atoms with Crippen LogP contribution in [0.1, 0.15) is 36.8 Å². The molecule has 0 aliphatic carbocycles. The molecule has 0 spiro atoms. The number of carbonyl (C=O) groups excluding carboxylic acids is 1. The van der Waals surface area contributed by atoms with E-state index >= 15 is 0 Å². The molecule has 0 aliphatic heterocycles. The second-order valence-electron chi connectivity index (χ2n) is 8.56. The lowest BCUT2D eigenvalue weighted by Gasteiger charge is -2.27. The summed E-state index contributed by atoms with van der Waals surface area (Å²) in [5.74, 6) is -0.490. The molecule has 0 saturated heterocycles. The molecule has 9 heteroatoms. The van der Waals surface area contributed by atoms with E-state index in [1.54, 1.807) is 36.4 Å². The molecule has 0 unspecified atom stereocenters. The molecule has 168 valence electrons. The molecule has 4 N–H and O–H groups in total. The van der Waals surface area contributed by atoms with E-state index in [9.17, 15) is 19.1 Å². The number of rotatable bonds is 7. The molecule has 0 fully saturated rings. The zero-order chi connectivity index (χ0) is 23.5. The van der Waals surface area contributed by atoms with Gasteiger partial charge in [-0.15, -0.1) is 11.3 Å². The van der Waals surface area contributed by atoms with Crippen molar-refractivity contribution in [3.05, 3.63) is 65.6 Å². The number of nitrogens with zero attached hydrogens (tertiary/aromatic N) is 2. The molecule has 2 amide bonds. The highest BCUT2D eigenvalue weighted by Gasteiger charge is 2.21. The Morgan fingerprint density at radius 3 is 2.47 bits per heavy atom. The van der Waals surface area contributed by atoms with E-state index in [2.05, 4.69) is 10.3 Å². The number of nitrogens with one attached hydrogen (secondary N) is 1. The summed E-state index contributed by atoms with van der Waals surface area (Å²) in [7, 11) is 0. The molecule has 0 radical (unpaired) electrons. The summed E-state index contributed by atoms with van der Waals surface area (Å²) >= 11 is 1.30. The highest BCUT2D eigenvalue weighted by Crippen LogP contribution is 2.36. The number of thiophene rings is 1. The fourth-order valence-corrected chi connectivity index (χ4v) is 4.21. The van der Waals surface area contributed by atoms with Crippen molar-refractivity contribution in [2.75, 3.05) is 11.9 Å². The van der Waals surface area contributed by atoms with E-state index in [4.69, 9.17) is 5.73 Å². The Hall–Kier alpha value is -3.46. The number of hydrogen-bond donors (Lipinski definition) is 3. The lowest BCUT2D eigenvalue weighted by molar-refractivity contribution is 0.100. The molecule has 0 aliphatic rings. The molecule has 0 saturated carbocycles. The van der Waals surface area contributed by atoms with Crippen LogP contribution in [0.2, 0.25) is 0 Å². The van der Waals surface area contributed by atoms with Gasteiger partial charge in [-0.2, -0.15) is 0 Å². The number of halogens is 1. The fraction of sp³-hybridized carbons (Fsp3) is 0.261. The number of amides is 2. The molecular weight excluding hydrogens is 431 g/mol. The van der Waals surface area contributed by atoms with Crippen molar-refractivity contribution in [3.8, 4) is 10.4 Å². The molecule has 32 heavy (non-hydrogen) atoms. The monoisotopic (exact) mass is 456 g/mol. The summed E-state index contributed by atoms with van der Waals surface area (Å²) in [4.78, 5) is 30.2. The van der Waals surface area contributed by atoms with Crippen LogP contribution in [-0.4, -0.2) is 33.5 Å². The van der Waals surface area contributed by atoms with Crippen molar-refractivity contribution in [1.82, 2.24) is 9.88 Å². The summed E-state index contributed by atoms with van der Waals surface area (Å²) in [6.07, 6.45) is -1.02. The van der Waals surface area contributed by atoms with Crippen LogP contribution in [0, 0.1) is 11.2 Å². The molecule has 0 bridgehead atoms. The molecule has 7 nitrogen and oxygen atoms in total. The Balaban J connectivity index is 1.85. The average molecular weight is 457 g/mol. The van der Waals surface area contributed by atoms with Crippen molar-refractivity contribution in [1.29, 1.82) is 0 Å². The summed E-state index contributed by atoms with van der Waals surface area (Å²) in [5.41, 5.74) is 6.97. The Kier molecular flexibility index (Phi) is 6.78. The summed E-state index contributed by atoms with van der Waals surface area (Å²) in [6.45, 7) is 6.40. The normalized spacial score (nSPS) is 11.2. The number of nitrogens with two attached hydrogens (primary N) is 1. The topological polar surface area (TPSA) is 109 Å². The maximum Gasteiger partial charge on any atom is 0.407 e. The maximum absolute atomic E-state index is 13.2. The second kappa shape index (κ2) is 9.35. The van der Waals surface area contributed by atoms with Gasteiger partial charge in [-0.25, -0.2) is 14.2 Å². The van der Waals surface area contributed by atoms with Crippen LogP contribution in [0.25, 0.3) is 10.4 Å². The van der Waals surface area contributed by atoms with Gasteiger partial charge in [-0.05, 0) is 41.3 Å². The zero-order valence-corrected chi connectivity index (χ0v) is 18.9. The number of primary amides is 1. The third kappa shape index (κ3) is 6.04. The van der Waals surface area contributed by atoms with Crippen LogP contribution >= 0.6 is 11.3 Å². The van der Waals surface area contributed by atoms with Crippen molar-refractivity contribution in [2.45, 2.75) is 27.3 Å². The minimum Gasteiger partial charge on any atom is -0.465 e. The Labute approximate surface area is 189 Å². The first-order valence-corrected chi connectivity index (χ1v) is 10.7. The first-order chi connectivity index (χ1) is 15.0. The maximum atomic E-state index is 13.2. The van der Waals surface area contributed by atoms with Gasteiger partial charge in [0, 0.05) is 11.4 Å². The van der Waals surface area contributed by atoms with Gasteiger partial charge in [0.1, 0.15) is 16.6 Å². The van der Waals surface area contributed by atoms with E-state index < -0.39 is 12.0 Å². The largest absolute Gasteiger partial charge is 0.465 e. The molecule has 1 aromatic carbocycles. The van der Waals surface area contributed by atoms with Crippen LogP contribution < -0.4 is 11.1 Å². The first kappa shape index (κ1) is 23.2. The minimum atomic E-state index is -1.02. The van der Waals surface area contributed by atoms with Gasteiger partial charge >= 0.3 is 6.09 Å². The number of hydrogen-bond acceptors (Lipinski definition) is 5. The molecule has 0 atom stereocenters. The SMILES string of the molecule is CC(C)(C)CN(Cc1cccc(Nc2sc(-c3ccc(F)cc3)cc2C(N)=O)n1)C(=O)O. The Bertz CT molecular complexity index is 1120. The van der Waals surface area contributed by atoms with Crippen LogP contribution in [0.4, 0.5) is 20.0 Å². The molecule has 2 heterocycles. The third-order valence-electron chi connectivity index (χ3n) is 4.46. The fourth-order valence-electron chi connectivity index (χ4n) is 3.14. The smallest absolute Gasteiger partial charge is 0.407 e. The van der Waals surface area contributed by atoms with Crippen LogP contribution in [0.3, 0.4) is 0 Å². The van der Waals surface area contributed by atoms with Gasteiger partial charge < -0.3 is 21.1 Å². The van der Waals surface area contributed by atoms with Crippen molar-refractivity contribution in [2.24, 2.45) is 11.1 Å². The van der Waals surface area contributed by atoms with Gasteiger partial charge in [0.25, 0.3) is 5.91 Å². The number of pyridine rings is 1. The van der Waals surface area contributed by atoms with E-state index in [-0.39, 0.29) is 17.8 Å². The van der Waals surface area contributed by atoms with Gasteiger partial charge in [0.2, 0.25) is 0 Å². The van der Waals surface area contributed by atoms with Crippen LogP contribution in [-0.2, 0) is 6.54 Å². The van der Waals surface area contributed by atoms with Crippen LogP contribution in [0.15, 0.2) is 48.5 Å². The summed E-state index contributed by atoms with van der Waals surface area (Å²) in [5, 5.41) is 13.2. The number of carboxylic acid groups (broad SMARTS) is 1. The number of benzene rings is 1. The number of aromatic nitrogens is 1. The number of carbonyl (C=O) groups is 2. The predicted octanol–water partition coefficient (Wildman–Crippen LogP) is 5.32. The van der Waals surface area contributed by atoms with Crippen molar-refractivity contribution < 1.29 is 19.1 Å². The molecular formula is C23H25FN4O3S. The zero-order valence-electron chi connectivity index (χ0n) is 18.1. The van der Waals surface area contributed by atoms with Gasteiger partial charge in [-0.1, -0.05) is 39.0 Å². The van der Waals surface area contributed by atoms with Gasteiger partial charge in [-0.3, -0.25) is 4.79 Å². The summed E-state index contributed by atoms with van der Waals surface area (Å²) in [6, 6.07) is 12.8. The lowest BCUT2D eigenvalue weighted by atomic mass is 9.96. The van der Waals surface area contributed by atoms with Crippen molar-refractivity contribution >= 4 is 34.2 Å². The van der Waals surface area contributed by atoms with Crippen molar-refractivity contribution in [3.63, 3.8) is 0 Å². The van der Waals surface area contributed by atoms with E-state index in [0.29, 0.717) is 28.6 Å². The van der Waals surface area contributed by atoms with E-state index in [1.165, 1.54) is 28.4 Å². The lowest BCUT2D eigenvalue weighted by Crippen LogP contribution is -2.36. The van der Waals surface area contributed by atoms with E-state index in [0.717, 1.165) is 10.4 Å². The third-order valence-corrected chi connectivity index (χ3v) is 5.56. The highest BCUT2D eigenvalue weighted by atomic mass is 32.1. The average Bonchev–Trinajstić information content (AvgIpc) is 3.11. The molecule has 2 aromatic heterocycles. The minimum absolute atomic E-state index is 0.135. The quantitative estimate of drug-likeness (QED) is 0.446. The summed E-state index contributed by atoms with van der Waals surface area (Å²) < 4.78 is 13.2. The standard InChI is InChI=1S/C23H25FN4O3S/c1-23(2,3)13-28(22(30)31)12-16-5-4-6-19(26-16)27-21-17(20(25)29)11-18(32-21)14-7-9-15(24)10-8-14/h4-11H,12-13H2,1-3H3,(H2,25,29)(H,26,27)(H,30,31). The predicted molar refractivity (Wildman–Crippen MR) is 124 cm³/mol. The Morgan fingerprint density at radius 1 is 1.19 bits per heavy atom. The number of anilines is 2. The molecule has 3 rings (SSSR count). The highest BCUT2D eigenvalue weighted by molar-refractivity contribution is 7.19. The molecule has 3 aromatic rings. The van der Waals surface area contributed by atoms with Crippen LogP contribution in [0.5, 0.6) is 0 Å². The first-order valence-electron chi connectivity index (χ1n) is 9.92.